The summed E-state index contributed by atoms with van der Waals surface area (Å²) in [6, 6.07) is 4.84. The number of benzene rings is 1. The fourth-order valence-electron chi connectivity index (χ4n) is 3.41. The van der Waals surface area contributed by atoms with Gasteiger partial charge in [0, 0.05) is 42.9 Å². The Morgan fingerprint density at radius 1 is 1.32 bits per heavy atom. The maximum absolute atomic E-state index is 12.9. The number of hydrogen-bond donors (Lipinski definition) is 1. The lowest BCUT2D eigenvalue weighted by Gasteiger charge is -2.35. The van der Waals surface area contributed by atoms with E-state index in [1.807, 2.05) is 32.5 Å². The van der Waals surface area contributed by atoms with Gasteiger partial charge in [-0.05, 0) is 38.0 Å². The minimum atomic E-state index is -3.57. The van der Waals surface area contributed by atoms with Gasteiger partial charge in [0.15, 0.2) is 0 Å². The summed E-state index contributed by atoms with van der Waals surface area (Å²) < 4.78 is 27.2. The maximum atomic E-state index is 12.9. The molecular weight excluding hydrogens is 394 g/mol. The molecule has 0 bridgehead atoms. The zero-order valence-electron chi connectivity index (χ0n) is 17.6. The molecule has 1 aliphatic heterocycles. The molecule has 6 nitrogen and oxygen atoms in total. The van der Waals surface area contributed by atoms with Crippen molar-refractivity contribution in [3.05, 3.63) is 23.8 Å². The van der Waals surface area contributed by atoms with E-state index in [1.165, 1.54) is 4.31 Å². The molecule has 2 atom stereocenters. The van der Waals surface area contributed by atoms with Crippen molar-refractivity contribution in [2.45, 2.75) is 57.2 Å². The monoisotopic (exact) mass is 427 g/mol. The van der Waals surface area contributed by atoms with E-state index in [1.54, 1.807) is 25.1 Å². The summed E-state index contributed by atoms with van der Waals surface area (Å²) >= 11 is 1.97. The number of carbonyl (C=O) groups excluding carboxylic acids is 1. The van der Waals surface area contributed by atoms with Crippen molar-refractivity contribution < 1.29 is 13.2 Å². The molecule has 0 aromatic heterocycles. The van der Waals surface area contributed by atoms with Gasteiger partial charge in [0.2, 0.25) is 15.9 Å². The summed E-state index contributed by atoms with van der Waals surface area (Å²) in [6.45, 7) is 12.1. The van der Waals surface area contributed by atoms with Crippen molar-refractivity contribution in [3.63, 3.8) is 0 Å². The van der Waals surface area contributed by atoms with Crippen molar-refractivity contribution in [2.24, 2.45) is 0 Å². The molecule has 1 fully saturated rings. The van der Waals surface area contributed by atoms with Crippen molar-refractivity contribution in [1.29, 1.82) is 0 Å². The third-order valence-electron chi connectivity index (χ3n) is 5.33. The van der Waals surface area contributed by atoms with E-state index in [9.17, 15) is 13.2 Å². The average Bonchev–Trinajstić information content (AvgIpc) is 2.69. The van der Waals surface area contributed by atoms with Crippen LogP contribution in [0.2, 0.25) is 0 Å². The van der Waals surface area contributed by atoms with Gasteiger partial charge in [-0.1, -0.05) is 26.8 Å². The maximum Gasteiger partial charge on any atom is 0.243 e. The van der Waals surface area contributed by atoms with Crippen LogP contribution < -0.4 is 5.32 Å². The Bertz CT molecular complexity index is 779. The molecule has 8 heteroatoms. The summed E-state index contributed by atoms with van der Waals surface area (Å²) in [4.78, 5) is 15.2. The van der Waals surface area contributed by atoms with Crippen LogP contribution in [-0.4, -0.2) is 66.8 Å². The average molecular weight is 428 g/mol. The van der Waals surface area contributed by atoms with E-state index < -0.39 is 10.0 Å². The zero-order valence-corrected chi connectivity index (χ0v) is 19.2. The van der Waals surface area contributed by atoms with Crippen LogP contribution in [0, 0.1) is 6.92 Å². The van der Waals surface area contributed by atoms with Gasteiger partial charge in [0.1, 0.15) is 0 Å². The first kappa shape index (κ1) is 23.2. The lowest BCUT2D eigenvalue weighted by Crippen LogP contribution is -2.48. The number of hydrogen-bond acceptors (Lipinski definition) is 5. The Balaban J connectivity index is 2.17. The number of thioether (sulfide) groups is 1. The summed E-state index contributed by atoms with van der Waals surface area (Å²) in [5, 5.41) is 3.48. The van der Waals surface area contributed by atoms with Crippen LogP contribution in [0.4, 0.5) is 5.69 Å². The SMILES string of the molecule is CC[C@@H]1CN([C@@H](C)C(=O)Nc2ccc(C)c(S(=O)(=O)N(CC)CC)c2)CCS1. The van der Waals surface area contributed by atoms with Gasteiger partial charge in [-0.2, -0.15) is 16.1 Å². The molecule has 1 aromatic carbocycles. The normalized spacial score (nSPS) is 19.6. The molecule has 0 unspecified atom stereocenters. The summed E-state index contributed by atoms with van der Waals surface area (Å²) in [6.07, 6.45) is 1.10. The van der Waals surface area contributed by atoms with Gasteiger partial charge in [-0.15, -0.1) is 0 Å². The standard InChI is InChI=1S/C20H33N3O3S2/c1-6-18-14-22(11-12-27-18)16(5)20(24)21-17-10-9-15(4)19(13-17)28(25,26)23(7-2)8-3/h9-10,13,16,18H,6-8,11-12,14H2,1-5H3,(H,21,24)/t16-,18+/m0/s1. The molecule has 0 saturated carbocycles. The molecular formula is C20H33N3O3S2. The second-order valence-electron chi connectivity index (χ2n) is 7.13. The van der Waals surface area contributed by atoms with Gasteiger partial charge < -0.3 is 5.32 Å². The Hall–Kier alpha value is -1.09. The van der Waals surface area contributed by atoms with E-state index >= 15 is 0 Å². The highest BCUT2D eigenvalue weighted by Gasteiger charge is 2.28. The first-order chi connectivity index (χ1) is 13.2. The van der Waals surface area contributed by atoms with Crippen molar-refractivity contribution in [2.75, 3.05) is 37.2 Å². The number of carbonyl (C=O) groups is 1. The smallest absolute Gasteiger partial charge is 0.243 e. The minimum absolute atomic E-state index is 0.100. The zero-order chi connectivity index (χ0) is 20.9. The van der Waals surface area contributed by atoms with Crippen LogP contribution >= 0.6 is 11.8 Å². The summed E-state index contributed by atoms with van der Waals surface area (Å²) in [7, 11) is -3.57. The molecule has 0 radical (unpaired) electrons. The predicted octanol–water partition coefficient (Wildman–Crippen LogP) is 3.18. The second-order valence-corrected chi connectivity index (χ2v) is 10.4. The molecule has 2 rings (SSSR count). The Kier molecular flexibility index (Phi) is 8.36. The van der Waals surface area contributed by atoms with Gasteiger partial charge in [0.25, 0.3) is 0 Å². The predicted molar refractivity (Wildman–Crippen MR) is 117 cm³/mol. The molecule has 0 spiro atoms. The molecule has 158 valence electrons. The largest absolute Gasteiger partial charge is 0.325 e. The van der Waals surface area contributed by atoms with Gasteiger partial charge >= 0.3 is 0 Å². The molecule has 1 aliphatic rings. The quantitative estimate of drug-likeness (QED) is 0.690. The number of aryl methyl sites for hydroxylation is 1. The molecule has 0 aliphatic carbocycles. The number of nitrogens with zero attached hydrogens (tertiary/aromatic N) is 2. The summed E-state index contributed by atoms with van der Waals surface area (Å²) in [5.41, 5.74) is 1.20. The minimum Gasteiger partial charge on any atom is -0.325 e. The Morgan fingerprint density at radius 2 is 2.00 bits per heavy atom. The fraction of sp³-hybridized carbons (Fsp3) is 0.650. The summed E-state index contributed by atoms with van der Waals surface area (Å²) in [5.74, 6) is 0.934. The van der Waals surface area contributed by atoms with Crippen LogP contribution in [0.3, 0.4) is 0 Å². The molecule has 1 heterocycles. The molecule has 1 N–H and O–H groups in total. The second kappa shape index (κ2) is 10.1. The fourth-order valence-corrected chi connectivity index (χ4v) is 6.33. The molecule has 1 aromatic rings. The van der Waals surface area contributed by atoms with Crippen molar-refractivity contribution >= 4 is 33.4 Å². The first-order valence-corrected chi connectivity index (χ1v) is 12.5. The lowest BCUT2D eigenvalue weighted by molar-refractivity contribution is -0.120. The molecule has 28 heavy (non-hydrogen) atoms. The third-order valence-corrected chi connectivity index (χ3v) is 8.90. The van der Waals surface area contributed by atoms with Crippen molar-refractivity contribution in [3.8, 4) is 0 Å². The molecule has 1 amide bonds. The number of amides is 1. The van der Waals surface area contributed by atoms with E-state index in [0.717, 1.165) is 25.3 Å². The third kappa shape index (κ3) is 5.28. The highest BCUT2D eigenvalue weighted by Crippen LogP contribution is 2.25. The highest BCUT2D eigenvalue weighted by atomic mass is 32.2. The van der Waals surface area contributed by atoms with Gasteiger partial charge in [-0.25, -0.2) is 8.42 Å². The lowest BCUT2D eigenvalue weighted by atomic mass is 10.2. The van der Waals surface area contributed by atoms with Crippen LogP contribution in [0.5, 0.6) is 0 Å². The van der Waals surface area contributed by atoms with E-state index in [-0.39, 0.29) is 16.8 Å². The van der Waals surface area contributed by atoms with Gasteiger partial charge in [-0.3, -0.25) is 9.69 Å². The van der Waals surface area contributed by atoms with Gasteiger partial charge in [0.05, 0.1) is 10.9 Å². The number of rotatable bonds is 8. The van der Waals surface area contributed by atoms with E-state index in [4.69, 9.17) is 0 Å². The Labute approximate surface area is 174 Å². The number of anilines is 1. The van der Waals surface area contributed by atoms with E-state index in [0.29, 0.717) is 29.6 Å². The molecule has 1 saturated heterocycles. The van der Waals surface area contributed by atoms with Crippen LogP contribution in [0.1, 0.15) is 39.7 Å². The highest BCUT2D eigenvalue weighted by molar-refractivity contribution is 8.00. The van der Waals surface area contributed by atoms with Crippen LogP contribution in [-0.2, 0) is 14.8 Å². The van der Waals surface area contributed by atoms with Crippen LogP contribution in [0.25, 0.3) is 0 Å². The van der Waals surface area contributed by atoms with Crippen LogP contribution in [0.15, 0.2) is 23.1 Å². The number of sulfonamides is 1. The Morgan fingerprint density at radius 3 is 2.61 bits per heavy atom. The topological polar surface area (TPSA) is 69.7 Å². The van der Waals surface area contributed by atoms with E-state index in [2.05, 4.69) is 17.1 Å². The van der Waals surface area contributed by atoms with Crippen molar-refractivity contribution in [1.82, 2.24) is 9.21 Å². The number of nitrogens with one attached hydrogen (secondary N) is 1. The first-order valence-electron chi connectivity index (χ1n) is 10.0.